The number of nitrogens with two attached hydrogens (primary N) is 1. The largest absolute Gasteiger partial charge is 0.493 e. The third kappa shape index (κ3) is 4.19. The van der Waals surface area contributed by atoms with Gasteiger partial charge in [-0.15, -0.1) is 0 Å². The van der Waals surface area contributed by atoms with Crippen molar-refractivity contribution in [1.82, 2.24) is 0 Å². The van der Waals surface area contributed by atoms with Gasteiger partial charge in [0.1, 0.15) is 0 Å². The van der Waals surface area contributed by atoms with Crippen molar-refractivity contribution in [2.24, 2.45) is 5.73 Å². The minimum absolute atomic E-state index is 0.00968. The summed E-state index contributed by atoms with van der Waals surface area (Å²) in [6.45, 7) is -0.452. The first-order chi connectivity index (χ1) is 9.16. The number of aliphatic hydroxyl groups is 1. The van der Waals surface area contributed by atoms with Crippen LogP contribution >= 0.6 is 27.5 Å². The van der Waals surface area contributed by atoms with E-state index >= 15 is 0 Å². The highest BCUT2D eigenvalue weighted by Crippen LogP contribution is 2.42. The smallest absolute Gasteiger partial charge is 0.330 e. The maximum absolute atomic E-state index is 13.0. The molecule has 1 amide bonds. The number of alkyl halides is 3. The molecule has 0 saturated heterocycles. The van der Waals surface area contributed by atoms with E-state index in [1.807, 2.05) is 0 Å². The van der Waals surface area contributed by atoms with E-state index in [9.17, 15) is 18.7 Å². The van der Waals surface area contributed by atoms with Crippen molar-refractivity contribution >= 4 is 33.4 Å². The summed E-state index contributed by atoms with van der Waals surface area (Å²) in [6.07, 6.45) is -2.13. The second-order valence-corrected chi connectivity index (χ2v) is 5.20. The zero-order chi connectivity index (χ0) is 15.5. The second-order valence-electron chi connectivity index (χ2n) is 3.73. The Kier molecular flexibility index (Phi) is 5.55. The van der Waals surface area contributed by atoms with Gasteiger partial charge in [-0.2, -0.15) is 8.78 Å². The Morgan fingerprint density at radius 2 is 2.20 bits per heavy atom. The molecule has 9 heteroatoms. The van der Waals surface area contributed by atoms with E-state index in [1.165, 1.54) is 7.11 Å². The maximum Gasteiger partial charge on any atom is 0.330 e. The number of hydrogen-bond donors (Lipinski definition) is 2. The Morgan fingerprint density at radius 3 is 2.65 bits per heavy atom. The van der Waals surface area contributed by atoms with Crippen LogP contribution in [0.3, 0.4) is 0 Å². The van der Waals surface area contributed by atoms with Crippen LogP contribution in [0.4, 0.5) is 8.78 Å². The summed E-state index contributed by atoms with van der Waals surface area (Å²) in [7, 11) is 1.26. The Labute approximate surface area is 126 Å². The van der Waals surface area contributed by atoms with Crippen molar-refractivity contribution < 1.29 is 28.2 Å². The average molecular weight is 375 g/mol. The van der Waals surface area contributed by atoms with Gasteiger partial charge in [-0.3, -0.25) is 4.79 Å². The van der Waals surface area contributed by atoms with Crippen LogP contribution in [0.25, 0.3) is 0 Å². The van der Waals surface area contributed by atoms with Gasteiger partial charge in [0.25, 0.3) is 5.91 Å². The molecule has 1 aromatic carbocycles. The lowest BCUT2D eigenvalue weighted by molar-refractivity contribution is -0.119. The van der Waals surface area contributed by atoms with E-state index in [0.717, 1.165) is 12.1 Å². The molecule has 3 N–H and O–H groups in total. The van der Waals surface area contributed by atoms with Crippen LogP contribution < -0.4 is 15.2 Å². The molecule has 0 aliphatic heterocycles. The van der Waals surface area contributed by atoms with Crippen LogP contribution in [-0.4, -0.2) is 29.6 Å². The normalized spacial score (nSPS) is 12.9. The standard InChI is InChI=1S/C11H11BrClF2NO4/c1-19-7-3-5(10(18)11(12,14)15)2-6(13)9(7)20-4-8(16)17/h2-3,10,18H,4H2,1H3,(H2,16,17). The van der Waals surface area contributed by atoms with Crippen molar-refractivity contribution in [2.75, 3.05) is 13.7 Å². The predicted molar refractivity (Wildman–Crippen MR) is 71.5 cm³/mol. The summed E-state index contributed by atoms with van der Waals surface area (Å²) in [6, 6.07) is 2.21. The maximum atomic E-state index is 13.0. The first-order valence-corrected chi connectivity index (χ1v) is 6.37. The molecule has 5 nitrogen and oxygen atoms in total. The zero-order valence-corrected chi connectivity index (χ0v) is 12.5. The lowest BCUT2D eigenvalue weighted by atomic mass is 10.1. The van der Waals surface area contributed by atoms with E-state index in [-0.39, 0.29) is 22.1 Å². The fraction of sp³-hybridized carbons (Fsp3) is 0.364. The summed E-state index contributed by atoms with van der Waals surface area (Å²) >= 11 is 7.92. The number of methoxy groups -OCH3 is 1. The van der Waals surface area contributed by atoms with Crippen LogP contribution in [0.5, 0.6) is 11.5 Å². The van der Waals surface area contributed by atoms with Crippen molar-refractivity contribution in [3.8, 4) is 11.5 Å². The molecule has 1 rings (SSSR count). The summed E-state index contributed by atoms with van der Waals surface area (Å²) in [5.74, 6) is -0.773. The molecule has 20 heavy (non-hydrogen) atoms. The van der Waals surface area contributed by atoms with Crippen LogP contribution in [0.2, 0.25) is 5.02 Å². The Hall–Kier alpha value is -1.12. The second kappa shape index (κ2) is 6.55. The number of carbonyl (C=O) groups excluding carboxylic acids is 1. The van der Waals surface area contributed by atoms with Crippen molar-refractivity contribution in [2.45, 2.75) is 10.9 Å². The molecule has 1 aromatic rings. The Balaban J connectivity index is 3.16. The van der Waals surface area contributed by atoms with Crippen molar-refractivity contribution in [3.05, 3.63) is 22.7 Å². The minimum atomic E-state index is -3.53. The number of benzene rings is 1. The first kappa shape index (κ1) is 16.9. The van der Waals surface area contributed by atoms with Gasteiger partial charge in [0.2, 0.25) is 0 Å². The van der Waals surface area contributed by atoms with Gasteiger partial charge in [-0.25, -0.2) is 0 Å². The molecule has 0 bridgehead atoms. The number of ether oxygens (including phenoxy) is 2. The first-order valence-electron chi connectivity index (χ1n) is 5.20. The number of hydrogen-bond acceptors (Lipinski definition) is 4. The molecule has 1 unspecified atom stereocenters. The highest BCUT2D eigenvalue weighted by atomic mass is 79.9. The number of carbonyl (C=O) groups is 1. The number of halogens is 4. The van der Waals surface area contributed by atoms with Gasteiger partial charge in [0, 0.05) is 0 Å². The van der Waals surface area contributed by atoms with Crippen LogP contribution in [0.15, 0.2) is 12.1 Å². The van der Waals surface area contributed by atoms with Gasteiger partial charge >= 0.3 is 4.83 Å². The van der Waals surface area contributed by atoms with Crippen LogP contribution in [0.1, 0.15) is 11.7 Å². The molecule has 0 aliphatic carbocycles. The van der Waals surface area contributed by atoms with Crippen molar-refractivity contribution in [1.29, 1.82) is 0 Å². The lowest BCUT2D eigenvalue weighted by Crippen LogP contribution is -2.21. The topological polar surface area (TPSA) is 81.8 Å². The van der Waals surface area contributed by atoms with Crippen LogP contribution in [-0.2, 0) is 4.79 Å². The highest BCUT2D eigenvalue weighted by molar-refractivity contribution is 9.10. The zero-order valence-electron chi connectivity index (χ0n) is 10.2. The third-order valence-electron chi connectivity index (χ3n) is 2.24. The van der Waals surface area contributed by atoms with E-state index in [1.54, 1.807) is 0 Å². The molecule has 0 spiro atoms. The fourth-order valence-electron chi connectivity index (χ4n) is 1.37. The molecule has 0 saturated carbocycles. The lowest BCUT2D eigenvalue weighted by Gasteiger charge is -2.19. The highest BCUT2D eigenvalue weighted by Gasteiger charge is 2.37. The molecule has 0 heterocycles. The molecule has 0 aromatic heterocycles. The number of rotatable bonds is 6. The van der Waals surface area contributed by atoms with Gasteiger partial charge < -0.3 is 20.3 Å². The SMILES string of the molecule is COc1cc(C(O)C(F)(F)Br)cc(Cl)c1OCC(N)=O. The average Bonchev–Trinajstić information content (AvgIpc) is 2.34. The van der Waals surface area contributed by atoms with Gasteiger partial charge in [-0.05, 0) is 33.6 Å². The molecule has 112 valence electrons. The van der Waals surface area contributed by atoms with Gasteiger partial charge in [0.05, 0.1) is 12.1 Å². The third-order valence-corrected chi connectivity index (χ3v) is 2.95. The summed E-state index contributed by atoms with van der Waals surface area (Å²) in [4.78, 5) is 7.13. The van der Waals surface area contributed by atoms with E-state index < -0.39 is 23.4 Å². The molecule has 1 atom stereocenters. The van der Waals surface area contributed by atoms with E-state index in [2.05, 4.69) is 15.9 Å². The van der Waals surface area contributed by atoms with Crippen molar-refractivity contribution in [3.63, 3.8) is 0 Å². The van der Waals surface area contributed by atoms with Crippen LogP contribution in [0, 0.1) is 0 Å². The number of primary amides is 1. The molecule has 0 radical (unpaired) electrons. The molecule has 0 aliphatic rings. The molecular formula is C11H11BrClF2NO4. The predicted octanol–water partition coefficient (Wildman–Crippen LogP) is 2.23. The fourth-order valence-corrected chi connectivity index (χ4v) is 1.91. The summed E-state index contributed by atoms with van der Waals surface area (Å²) in [5.41, 5.74) is 4.74. The van der Waals surface area contributed by atoms with E-state index in [4.69, 9.17) is 26.8 Å². The number of amides is 1. The molecular weight excluding hydrogens is 363 g/mol. The summed E-state index contributed by atoms with van der Waals surface area (Å²) in [5, 5.41) is 9.38. The quantitative estimate of drug-likeness (QED) is 0.748. The molecule has 0 fully saturated rings. The monoisotopic (exact) mass is 373 g/mol. The Morgan fingerprint density at radius 1 is 1.60 bits per heavy atom. The summed E-state index contributed by atoms with van der Waals surface area (Å²) < 4.78 is 36.0. The van der Waals surface area contributed by atoms with Gasteiger partial charge in [-0.1, -0.05) is 11.6 Å². The Bertz CT molecular complexity index is 510. The number of aliphatic hydroxyl groups excluding tert-OH is 1. The minimum Gasteiger partial charge on any atom is -0.493 e. The van der Waals surface area contributed by atoms with E-state index in [0.29, 0.717) is 0 Å². The van der Waals surface area contributed by atoms with Gasteiger partial charge in [0.15, 0.2) is 24.2 Å².